The lowest BCUT2D eigenvalue weighted by Crippen LogP contribution is -2.33. The second-order valence-electron chi connectivity index (χ2n) is 4.82. The molecule has 16 heavy (non-hydrogen) atoms. The van der Waals surface area contributed by atoms with Gasteiger partial charge in [0, 0.05) is 18.7 Å². The number of pyridine rings is 1. The molecule has 0 saturated carbocycles. The van der Waals surface area contributed by atoms with E-state index < -0.39 is 0 Å². The molecule has 2 rings (SSSR count). The number of fused-ring (bicyclic) bond motifs is 1. The molecule has 2 heterocycles. The largest absolute Gasteiger partial charge is 0.320 e. The standard InChI is InChI=1S/C13H21N3/c1-3-13(2,14)12-5-4-10-6-8-15-9-7-11(10)16-12/h4-5,15H,3,6-9,14H2,1-2H3. The molecule has 1 unspecified atom stereocenters. The summed E-state index contributed by atoms with van der Waals surface area (Å²) < 4.78 is 0. The summed E-state index contributed by atoms with van der Waals surface area (Å²) in [7, 11) is 0. The smallest absolute Gasteiger partial charge is 0.0603 e. The highest BCUT2D eigenvalue weighted by atomic mass is 14.9. The van der Waals surface area contributed by atoms with Crippen molar-refractivity contribution in [2.24, 2.45) is 5.73 Å². The summed E-state index contributed by atoms with van der Waals surface area (Å²) >= 11 is 0. The van der Waals surface area contributed by atoms with Crippen molar-refractivity contribution >= 4 is 0 Å². The molecule has 0 aromatic carbocycles. The monoisotopic (exact) mass is 219 g/mol. The van der Waals surface area contributed by atoms with Crippen LogP contribution in [0.5, 0.6) is 0 Å². The van der Waals surface area contributed by atoms with Crippen LogP contribution in [0.15, 0.2) is 12.1 Å². The lowest BCUT2D eigenvalue weighted by Gasteiger charge is -2.23. The van der Waals surface area contributed by atoms with Gasteiger partial charge in [-0.15, -0.1) is 0 Å². The Hall–Kier alpha value is -0.930. The summed E-state index contributed by atoms with van der Waals surface area (Å²) in [5, 5.41) is 3.40. The average Bonchev–Trinajstić information content (AvgIpc) is 2.53. The van der Waals surface area contributed by atoms with Crippen LogP contribution in [0.25, 0.3) is 0 Å². The van der Waals surface area contributed by atoms with Crippen LogP contribution in [0.3, 0.4) is 0 Å². The highest BCUT2D eigenvalue weighted by Crippen LogP contribution is 2.21. The molecule has 0 fully saturated rings. The van der Waals surface area contributed by atoms with E-state index in [2.05, 4.69) is 31.3 Å². The number of nitrogens with zero attached hydrogens (tertiary/aromatic N) is 1. The van der Waals surface area contributed by atoms with E-state index >= 15 is 0 Å². The van der Waals surface area contributed by atoms with Crippen LogP contribution in [0, 0.1) is 0 Å². The third-order valence-corrected chi connectivity index (χ3v) is 3.50. The molecule has 0 spiro atoms. The van der Waals surface area contributed by atoms with Gasteiger partial charge >= 0.3 is 0 Å². The van der Waals surface area contributed by atoms with Crippen LogP contribution in [0.2, 0.25) is 0 Å². The van der Waals surface area contributed by atoms with Crippen LogP contribution < -0.4 is 11.1 Å². The topological polar surface area (TPSA) is 50.9 Å². The molecule has 1 aromatic rings. The summed E-state index contributed by atoms with van der Waals surface area (Å²) in [6.45, 7) is 6.24. The van der Waals surface area contributed by atoms with E-state index in [1.807, 2.05) is 0 Å². The van der Waals surface area contributed by atoms with Crippen LogP contribution in [0.4, 0.5) is 0 Å². The van der Waals surface area contributed by atoms with Gasteiger partial charge in [0.2, 0.25) is 0 Å². The first-order valence-electron chi connectivity index (χ1n) is 6.12. The fraction of sp³-hybridized carbons (Fsp3) is 0.615. The highest BCUT2D eigenvalue weighted by molar-refractivity contribution is 5.27. The molecule has 3 nitrogen and oxygen atoms in total. The molecule has 0 aliphatic carbocycles. The molecule has 1 atom stereocenters. The van der Waals surface area contributed by atoms with Crippen molar-refractivity contribution in [2.45, 2.75) is 38.6 Å². The van der Waals surface area contributed by atoms with Gasteiger partial charge in [-0.1, -0.05) is 13.0 Å². The number of aromatic nitrogens is 1. The number of rotatable bonds is 2. The maximum atomic E-state index is 6.23. The first kappa shape index (κ1) is 11.6. The Kier molecular flexibility index (Phi) is 3.26. The molecular formula is C13H21N3. The van der Waals surface area contributed by atoms with E-state index in [-0.39, 0.29) is 5.54 Å². The Bertz CT molecular complexity index is 371. The summed E-state index contributed by atoms with van der Waals surface area (Å²) in [4.78, 5) is 4.75. The Labute approximate surface area is 97.5 Å². The van der Waals surface area contributed by atoms with Gasteiger partial charge in [-0.25, -0.2) is 0 Å². The Morgan fingerprint density at radius 1 is 1.38 bits per heavy atom. The predicted octanol–water partition coefficient (Wildman–Crippen LogP) is 1.35. The van der Waals surface area contributed by atoms with Crippen LogP contribution in [-0.4, -0.2) is 18.1 Å². The molecule has 0 bridgehead atoms. The summed E-state index contributed by atoms with van der Waals surface area (Å²) in [6.07, 6.45) is 3.01. The van der Waals surface area contributed by atoms with Crippen molar-refractivity contribution in [1.29, 1.82) is 0 Å². The summed E-state index contributed by atoms with van der Waals surface area (Å²) in [5.74, 6) is 0. The quantitative estimate of drug-likeness (QED) is 0.789. The summed E-state index contributed by atoms with van der Waals surface area (Å²) in [6, 6.07) is 4.29. The molecule has 3 heteroatoms. The van der Waals surface area contributed by atoms with E-state index in [0.717, 1.165) is 38.0 Å². The highest BCUT2D eigenvalue weighted by Gasteiger charge is 2.21. The van der Waals surface area contributed by atoms with Crippen molar-refractivity contribution < 1.29 is 0 Å². The van der Waals surface area contributed by atoms with Crippen molar-refractivity contribution in [3.8, 4) is 0 Å². The fourth-order valence-electron chi connectivity index (χ4n) is 2.03. The lowest BCUT2D eigenvalue weighted by molar-refractivity contribution is 0.460. The number of nitrogens with two attached hydrogens (primary N) is 1. The van der Waals surface area contributed by atoms with E-state index in [9.17, 15) is 0 Å². The maximum absolute atomic E-state index is 6.23. The Balaban J connectivity index is 2.34. The zero-order valence-electron chi connectivity index (χ0n) is 10.2. The maximum Gasteiger partial charge on any atom is 0.0603 e. The molecule has 1 aromatic heterocycles. The van der Waals surface area contributed by atoms with Gasteiger partial charge in [-0.2, -0.15) is 0 Å². The van der Waals surface area contributed by atoms with Crippen LogP contribution in [-0.2, 0) is 18.4 Å². The SMILES string of the molecule is CCC(C)(N)c1ccc2c(n1)CCNCC2. The number of hydrogen-bond donors (Lipinski definition) is 2. The zero-order valence-corrected chi connectivity index (χ0v) is 10.2. The minimum absolute atomic E-state index is 0.297. The van der Waals surface area contributed by atoms with Gasteiger partial charge in [0.05, 0.1) is 11.2 Å². The third-order valence-electron chi connectivity index (χ3n) is 3.50. The van der Waals surface area contributed by atoms with Gasteiger partial charge in [0.1, 0.15) is 0 Å². The third kappa shape index (κ3) is 2.25. The lowest BCUT2D eigenvalue weighted by atomic mass is 9.94. The van der Waals surface area contributed by atoms with Gasteiger partial charge in [0.25, 0.3) is 0 Å². The van der Waals surface area contributed by atoms with Gasteiger partial charge in [-0.05, 0) is 37.9 Å². The predicted molar refractivity (Wildman–Crippen MR) is 66.3 cm³/mol. The van der Waals surface area contributed by atoms with Crippen LogP contribution in [0.1, 0.15) is 37.2 Å². The van der Waals surface area contributed by atoms with Gasteiger partial charge in [-0.3, -0.25) is 4.98 Å². The fourth-order valence-corrected chi connectivity index (χ4v) is 2.03. The van der Waals surface area contributed by atoms with Crippen molar-refractivity contribution in [3.63, 3.8) is 0 Å². The Morgan fingerprint density at radius 2 is 2.12 bits per heavy atom. The number of nitrogens with one attached hydrogen (secondary N) is 1. The zero-order chi connectivity index (χ0) is 11.6. The van der Waals surface area contributed by atoms with E-state index in [4.69, 9.17) is 10.7 Å². The van der Waals surface area contributed by atoms with E-state index in [0.29, 0.717) is 0 Å². The molecule has 3 N–H and O–H groups in total. The second-order valence-corrected chi connectivity index (χ2v) is 4.82. The van der Waals surface area contributed by atoms with Crippen molar-refractivity contribution in [2.75, 3.05) is 13.1 Å². The normalized spacial score (nSPS) is 19.7. The molecular weight excluding hydrogens is 198 g/mol. The second kappa shape index (κ2) is 4.52. The molecule has 0 amide bonds. The molecule has 0 saturated heterocycles. The van der Waals surface area contributed by atoms with Crippen molar-refractivity contribution in [3.05, 3.63) is 29.1 Å². The van der Waals surface area contributed by atoms with Gasteiger partial charge in [0.15, 0.2) is 0 Å². The Morgan fingerprint density at radius 3 is 2.88 bits per heavy atom. The summed E-state index contributed by atoms with van der Waals surface area (Å²) in [5.41, 5.74) is 9.56. The van der Waals surface area contributed by atoms with Crippen LogP contribution >= 0.6 is 0 Å². The number of hydrogen-bond acceptors (Lipinski definition) is 3. The molecule has 0 radical (unpaired) electrons. The molecule has 1 aliphatic heterocycles. The van der Waals surface area contributed by atoms with Crippen molar-refractivity contribution in [1.82, 2.24) is 10.3 Å². The minimum atomic E-state index is -0.297. The average molecular weight is 219 g/mol. The molecule has 88 valence electrons. The van der Waals surface area contributed by atoms with E-state index in [1.54, 1.807) is 0 Å². The molecule has 1 aliphatic rings. The van der Waals surface area contributed by atoms with Gasteiger partial charge < -0.3 is 11.1 Å². The first-order chi connectivity index (χ1) is 7.63. The van der Waals surface area contributed by atoms with E-state index in [1.165, 1.54) is 11.3 Å². The minimum Gasteiger partial charge on any atom is -0.320 e. The first-order valence-corrected chi connectivity index (χ1v) is 6.12.